The van der Waals surface area contributed by atoms with Gasteiger partial charge in [-0.1, -0.05) is 55.1 Å². The predicted octanol–water partition coefficient (Wildman–Crippen LogP) is 4.39. The molecule has 38 heavy (non-hydrogen) atoms. The van der Waals surface area contributed by atoms with Crippen LogP contribution in [-0.4, -0.2) is 44.5 Å². The van der Waals surface area contributed by atoms with Crippen LogP contribution in [0.1, 0.15) is 49.9 Å². The molecule has 2 heterocycles. The average Bonchev–Trinajstić information content (AvgIpc) is 3.32. The van der Waals surface area contributed by atoms with E-state index in [1.54, 1.807) is 30.1 Å². The number of aliphatic hydroxyl groups is 1. The molecule has 2 aromatic carbocycles. The molecule has 202 valence electrons. The van der Waals surface area contributed by atoms with Crippen LogP contribution in [0.4, 0.5) is 5.69 Å². The van der Waals surface area contributed by atoms with Gasteiger partial charge in [0.15, 0.2) is 17.6 Å². The molecule has 0 spiro atoms. The number of amides is 1. The van der Waals surface area contributed by atoms with Gasteiger partial charge >= 0.3 is 5.97 Å². The highest BCUT2D eigenvalue weighted by Gasteiger charge is 2.38. The lowest BCUT2D eigenvalue weighted by Crippen LogP contribution is -2.38. The number of imidazole rings is 1. The van der Waals surface area contributed by atoms with Gasteiger partial charge in [0.05, 0.1) is 18.8 Å². The van der Waals surface area contributed by atoms with Crippen LogP contribution in [-0.2, 0) is 37.5 Å². The third-order valence-electron chi connectivity index (χ3n) is 6.44. The molecule has 10 heteroatoms. The molecule has 1 aliphatic heterocycles. The van der Waals surface area contributed by atoms with E-state index in [0.29, 0.717) is 11.4 Å². The van der Waals surface area contributed by atoms with E-state index < -0.39 is 24.3 Å². The van der Waals surface area contributed by atoms with Crippen molar-refractivity contribution in [3.63, 3.8) is 0 Å². The van der Waals surface area contributed by atoms with Crippen LogP contribution in [0.5, 0.6) is 0 Å². The summed E-state index contributed by atoms with van der Waals surface area (Å²) in [4.78, 5) is 27.8. The number of aryl methyl sites for hydroxylation is 1. The fraction of sp³-hybridized carbons (Fsp3) is 0.393. The molecule has 5 unspecified atom stereocenters. The van der Waals surface area contributed by atoms with Gasteiger partial charge in [-0.25, -0.2) is 4.98 Å². The maximum absolute atomic E-state index is 12.3. The van der Waals surface area contributed by atoms with E-state index in [0.717, 1.165) is 21.8 Å². The molecule has 0 aliphatic carbocycles. The Bertz CT molecular complexity index is 1230. The first-order valence-electron chi connectivity index (χ1n) is 12.4. The largest absolute Gasteiger partial charge is 0.453 e. The molecule has 4 rings (SSSR count). The van der Waals surface area contributed by atoms with Crippen LogP contribution < -0.4 is 5.32 Å². The maximum Gasteiger partial charge on any atom is 0.303 e. The van der Waals surface area contributed by atoms with Gasteiger partial charge in [0.1, 0.15) is 0 Å². The van der Waals surface area contributed by atoms with Crippen molar-refractivity contribution in [2.24, 2.45) is 13.0 Å². The Hall–Kier alpha value is -3.18. The van der Waals surface area contributed by atoms with Crippen molar-refractivity contribution in [2.75, 3.05) is 11.1 Å². The number of aliphatic hydroxyl groups excluding tert-OH is 1. The van der Waals surface area contributed by atoms with E-state index in [9.17, 15) is 14.7 Å². The fourth-order valence-electron chi connectivity index (χ4n) is 4.23. The van der Waals surface area contributed by atoms with E-state index in [1.807, 2.05) is 54.2 Å². The Morgan fingerprint density at radius 2 is 1.82 bits per heavy atom. The molecule has 5 atom stereocenters. The molecular weight excluding hydrogens is 506 g/mol. The number of rotatable bonds is 9. The number of ether oxygens (including phenoxy) is 3. The number of esters is 1. The van der Waals surface area contributed by atoms with Gasteiger partial charge in [-0.3, -0.25) is 9.59 Å². The first-order valence-corrected chi connectivity index (χ1v) is 13.4. The van der Waals surface area contributed by atoms with Crippen molar-refractivity contribution in [3.8, 4) is 0 Å². The van der Waals surface area contributed by atoms with Crippen LogP contribution in [0, 0.1) is 5.92 Å². The first-order chi connectivity index (χ1) is 18.2. The molecule has 1 amide bonds. The molecule has 1 saturated heterocycles. The lowest BCUT2D eigenvalue weighted by Gasteiger charge is -2.41. The number of nitrogens with one attached hydrogen (secondary N) is 1. The minimum atomic E-state index is -0.895. The number of carbonyl (C=O) groups excluding carboxylic acids is 2. The third-order valence-corrected chi connectivity index (χ3v) is 7.59. The SMILES string of the molecule is CC(=O)OC(C)C(=O)Nc1ccc(C2OC(CSc3nccn3C)C(C)C(c3ccc(CO)cc3)O2)cc1. The summed E-state index contributed by atoms with van der Waals surface area (Å²) < 4.78 is 19.9. The minimum Gasteiger partial charge on any atom is -0.453 e. The zero-order valence-electron chi connectivity index (χ0n) is 21.9. The third kappa shape index (κ3) is 6.82. The highest BCUT2D eigenvalue weighted by molar-refractivity contribution is 7.99. The second-order valence-electron chi connectivity index (χ2n) is 9.32. The number of hydrogen-bond acceptors (Lipinski definition) is 8. The smallest absolute Gasteiger partial charge is 0.303 e. The van der Waals surface area contributed by atoms with Gasteiger partial charge in [0.25, 0.3) is 5.91 Å². The quantitative estimate of drug-likeness (QED) is 0.304. The highest BCUT2D eigenvalue weighted by atomic mass is 32.2. The summed E-state index contributed by atoms with van der Waals surface area (Å²) in [6.07, 6.45) is 1.83. The summed E-state index contributed by atoms with van der Waals surface area (Å²) in [5.41, 5.74) is 3.23. The molecular formula is C28H33N3O6S. The monoisotopic (exact) mass is 539 g/mol. The summed E-state index contributed by atoms with van der Waals surface area (Å²) in [5.74, 6) is -0.177. The first kappa shape index (κ1) is 27.8. The summed E-state index contributed by atoms with van der Waals surface area (Å²) in [6.45, 7) is 4.89. The van der Waals surface area contributed by atoms with Crippen LogP contribution in [0.3, 0.4) is 0 Å². The maximum atomic E-state index is 12.3. The Balaban J connectivity index is 1.52. The Kier molecular flexibility index (Phi) is 9.22. The fourth-order valence-corrected chi connectivity index (χ4v) is 5.32. The summed E-state index contributed by atoms with van der Waals surface area (Å²) in [6, 6.07) is 15.0. The van der Waals surface area contributed by atoms with Gasteiger partial charge in [0.2, 0.25) is 0 Å². The second-order valence-corrected chi connectivity index (χ2v) is 10.3. The average molecular weight is 540 g/mol. The number of aromatic nitrogens is 2. The normalized spacial score (nSPS) is 22.0. The zero-order valence-corrected chi connectivity index (χ0v) is 22.7. The number of carbonyl (C=O) groups is 2. The molecule has 3 aromatic rings. The van der Waals surface area contributed by atoms with E-state index in [2.05, 4.69) is 17.2 Å². The van der Waals surface area contributed by atoms with Crippen LogP contribution in [0.15, 0.2) is 66.1 Å². The summed E-state index contributed by atoms with van der Waals surface area (Å²) in [5, 5.41) is 13.1. The molecule has 1 aromatic heterocycles. The van der Waals surface area contributed by atoms with Crippen LogP contribution in [0.2, 0.25) is 0 Å². The van der Waals surface area contributed by atoms with E-state index in [-0.39, 0.29) is 24.7 Å². The molecule has 9 nitrogen and oxygen atoms in total. The van der Waals surface area contributed by atoms with Gasteiger partial charge in [0, 0.05) is 49.3 Å². The van der Waals surface area contributed by atoms with Crippen LogP contribution in [0.25, 0.3) is 0 Å². The molecule has 1 fully saturated rings. The number of thioether (sulfide) groups is 1. The van der Waals surface area contributed by atoms with Crippen molar-refractivity contribution >= 4 is 29.3 Å². The van der Waals surface area contributed by atoms with Gasteiger partial charge in [-0.15, -0.1) is 0 Å². The van der Waals surface area contributed by atoms with E-state index >= 15 is 0 Å². The Labute approximate surface area is 226 Å². The van der Waals surface area contributed by atoms with Crippen molar-refractivity contribution in [1.29, 1.82) is 0 Å². The Morgan fingerprint density at radius 3 is 2.42 bits per heavy atom. The number of nitrogens with zero attached hydrogens (tertiary/aromatic N) is 2. The van der Waals surface area contributed by atoms with Gasteiger partial charge < -0.3 is 29.2 Å². The number of anilines is 1. The van der Waals surface area contributed by atoms with Crippen molar-refractivity contribution in [1.82, 2.24) is 9.55 Å². The van der Waals surface area contributed by atoms with Gasteiger partial charge in [-0.2, -0.15) is 0 Å². The molecule has 0 radical (unpaired) electrons. The van der Waals surface area contributed by atoms with E-state index in [4.69, 9.17) is 14.2 Å². The van der Waals surface area contributed by atoms with Gasteiger partial charge in [-0.05, 0) is 30.2 Å². The van der Waals surface area contributed by atoms with Crippen molar-refractivity contribution in [2.45, 2.75) is 57.1 Å². The minimum absolute atomic E-state index is 0.0153. The number of benzene rings is 2. The Morgan fingerprint density at radius 1 is 1.13 bits per heavy atom. The molecule has 0 saturated carbocycles. The summed E-state index contributed by atoms with van der Waals surface area (Å²) >= 11 is 1.64. The second kappa shape index (κ2) is 12.6. The zero-order chi connectivity index (χ0) is 27.2. The molecule has 1 aliphatic rings. The van der Waals surface area contributed by atoms with Crippen molar-refractivity contribution < 1.29 is 28.9 Å². The lowest BCUT2D eigenvalue weighted by atomic mass is 9.91. The predicted molar refractivity (Wildman–Crippen MR) is 143 cm³/mol. The van der Waals surface area contributed by atoms with E-state index in [1.165, 1.54) is 13.8 Å². The topological polar surface area (TPSA) is 112 Å². The lowest BCUT2D eigenvalue weighted by molar-refractivity contribution is -0.268. The summed E-state index contributed by atoms with van der Waals surface area (Å²) in [7, 11) is 1.96. The standard InChI is InChI=1S/C28H33N3O6S/c1-17-24(16-38-28-29-13-14-31(28)4)36-27(37-25(17)21-7-5-20(15-32)6-8-21)22-9-11-23(12-10-22)30-26(34)18(2)35-19(3)33/h5-14,17-18,24-25,27,32H,15-16H2,1-4H3,(H,30,34). The molecule has 2 N–H and O–H groups in total. The highest BCUT2D eigenvalue weighted by Crippen LogP contribution is 2.43. The number of hydrogen-bond donors (Lipinski definition) is 2. The van der Waals surface area contributed by atoms with Crippen molar-refractivity contribution in [3.05, 3.63) is 77.6 Å². The van der Waals surface area contributed by atoms with Crippen LogP contribution >= 0.6 is 11.8 Å². The molecule has 0 bridgehead atoms.